The normalized spacial score (nSPS) is 10.2. The van der Waals surface area contributed by atoms with Gasteiger partial charge >= 0.3 is 6.03 Å². The Hall–Kier alpha value is -2.51. The van der Waals surface area contributed by atoms with Crippen molar-refractivity contribution in [1.82, 2.24) is 14.8 Å². The predicted molar refractivity (Wildman–Crippen MR) is 86.8 cm³/mol. The van der Waals surface area contributed by atoms with Gasteiger partial charge in [0.25, 0.3) is 0 Å². The third kappa shape index (κ3) is 3.21. The average molecular weight is 332 g/mol. The summed E-state index contributed by atoms with van der Waals surface area (Å²) < 4.78 is 3.71. The molecule has 0 fully saturated rings. The van der Waals surface area contributed by atoms with Crippen LogP contribution in [0.15, 0.2) is 54.6 Å². The van der Waals surface area contributed by atoms with E-state index in [1.165, 1.54) is 4.90 Å². The smallest absolute Gasteiger partial charge is 0.307 e. The van der Waals surface area contributed by atoms with E-state index in [1.807, 2.05) is 30.3 Å². The molecule has 6 nitrogen and oxygen atoms in total. The molecule has 3 rings (SSSR count). The number of rotatable bonds is 3. The fraction of sp³-hybridized carbons (Fsp3) is 0. The molecule has 0 radical (unpaired) electrons. The lowest BCUT2D eigenvalue weighted by Gasteiger charge is -2.19. The van der Waals surface area contributed by atoms with Crippen LogP contribution in [-0.2, 0) is 0 Å². The van der Waals surface area contributed by atoms with Crippen LogP contribution in [0.1, 0.15) is 0 Å². The number of benzene rings is 2. The maximum Gasteiger partial charge on any atom is 0.332 e. The van der Waals surface area contributed by atoms with Gasteiger partial charge in [-0.2, -0.15) is 0 Å². The zero-order valence-electron chi connectivity index (χ0n) is 11.2. The number of aromatic nitrogens is 3. The van der Waals surface area contributed by atoms with Crippen LogP contribution in [0, 0.1) is 0 Å². The number of amides is 2. The largest absolute Gasteiger partial charge is 0.332 e. The minimum absolute atomic E-state index is 0.355. The average Bonchev–Trinajstić information content (AvgIpc) is 3.05. The van der Waals surface area contributed by atoms with Gasteiger partial charge in [0, 0.05) is 22.2 Å². The van der Waals surface area contributed by atoms with Gasteiger partial charge in [-0.1, -0.05) is 39.4 Å². The van der Waals surface area contributed by atoms with Crippen LogP contribution in [-0.4, -0.2) is 20.8 Å². The Balaban J connectivity index is 1.89. The van der Waals surface area contributed by atoms with Crippen LogP contribution in [0.4, 0.5) is 21.3 Å². The first-order chi connectivity index (χ1) is 10.7. The molecule has 0 aliphatic carbocycles. The minimum atomic E-state index is -0.355. The molecule has 2 amide bonds. The first kappa shape index (κ1) is 14.4. The van der Waals surface area contributed by atoms with E-state index in [0.29, 0.717) is 21.5 Å². The molecule has 0 unspecified atom stereocenters. The summed E-state index contributed by atoms with van der Waals surface area (Å²) in [5.41, 5.74) is 1.31. The zero-order chi connectivity index (χ0) is 15.4. The Kier molecular flexibility index (Phi) is 4.27. The molecule has 3 aromatic rings. The molecule has 0 aliphatic heterocycles. The van der Waals surface area contributed by atoms with Crippen LogP contribution in [0.3, 0.4) is 0 Å². The van der Waals surface area contributed by atoms with Gasteiger partial charge in [0.1, 0.15) is 0 Å². The topological polar surface area (TPSA) is 71.0 Å². The summed E-state index contributed by atoms with van der Waals surface area (Å²) in [6.45, 7) is 0. The lowest BCUT2D eigenvalue weighted by molar-refractivity contribution is 0.259. The van der Waals surface area contributed by atoms with Gasteiger partial charge in [0.2, 0.25) is 5.13 Å². The summed E-state index contributed by atoms with van der Waals surface area (Å²) in [5, 5.41) is 11.2. The van der Waals surface area contributed by atoms with E-state index >= 15 is 0 Å². The molecular formula is C14H10ClN5OS. The highest BCUT2D eigenvalue weighted by Gasteiger charge is 2.21. The second-order valence-electron chi connectivity index (χ2n) is 4.25. The highest BCUT2D eigenvalue weighted by atomic mass is 35.5. The molecule has 0 saturated heterocycles. The Morgan fingerprint density at radius 1 is 1.09 bits per heavy atom. The van der Waals surface area contributed by atoms with Crippen molar-refractivity contribution in [2.75, 3.05) is 10.2 Å². The van der Waals surface area contributed by atoms with Crippen molar-refractivity contribution in [3.63, 3.8) is 0 Å². The van der Waals surface area contributed by atoms with Gasteiger partial charge in [-0.25, -0.2) is 9.69 Å². The summed E-state index contributed by atoms with van der Waals surface area (Å²) in [6, 6.07) is 15.7. The molecule has 0 spiro atoms. The fourth-order valence-electron chi connectivity index (χ4n) is 1.82. The first-order valence-corrected chi connectivity index (χ1v) is 7.46. The summed E-state index contributed by atoms with van der Waals surface area (Å²) in [5.74, 6) is 0. The molecule has 2 aromatic carbocycles. The number of urea groups is 1. The van der Waals surface area contributed by atoms with Crippen molar-refractivity contribution in [3.05, 3.63) is 59.6 Å². The van der Waals surface area contributed by atoms with Gasteiger partial charge in [-0.3, -0.25) is 0 Å². The number of carbonyl (C=O) groups excluding carboxylic acids is 1. The van der Waals surface area contributed by atoms with Crippen molar-refractivity contribution in [1.29, 1.82) is 0 Å². The summed E-state index contributed by atoms with van der Waals surface area (Å²) in [6.07, 6.45) is 0. The number of nitrogens with one attached hydrogen (secondary N) is 1. The van der Waals surface area contributed by atoms with Crippen molar-refractivity contribution in [2.24, 2.45) is 0 Å². The SMILES string of the molecule is O=C(Nc1ccc(Cl)cc1)N(c1ccccc1)c1nnns1. The highest BCUT2D eigenvalue weighted by molar-refractivity contribution is 7.09. The molecule has 110 valence electrons. The Morgan fingerprint density at radius 2 is 1.82 bits per heavy atom. The van der Waals surface area contributed by atoms with Gasteiger partial charge in [0.05, 0.1) is 5.69 Å². The van der Waals surface area contributed by atoms with Crippen LogP contribution in [0.2, 0.25) is 5.02 Å². The second-order valence-corrected chi connectivity index (χ2v) is 5.40. The Bertz CT molecular complexity index is 749. The van der Waals surface area contributed by atoms with Gasteiger partial charge in [-0.15, -0.1) is 0 Å². The number of halogens is 1. The molecule has 1 heterocycles. The molecule has 0 saturated carbocycles. The van der Waals surface area contributed by atoms with Crippen LogP contribution in [0.25, 0.3) is 0 Å². The minimum Gasteiger partial charge on any atom is -0.307 e. The number of nitrogens with zero attached hydrogens (tertiary/aromatic N) is 4. The van der Waals surface area contributed by atoms with Crippen LogP contribution >= 0.6 is 23.1 Å². The molecule has 8 heteroatoms. The molecule has 22 heavy (non-hydrogen) atoms. The van der Waals surface area contributed by atoms with E-state index < -0.39 is 0 Å². The van der Waals surface area contributed by atoms with Crippen molar-refractivity contribution in [2.45, 2.75) is 0 Å². The van der Waals surface area contributed by atoms with E-state index in [9.17, 15) is 4.79 Å². The lowest BCUT2D eigenvalue weighted by Crippen LogP contribution is -2.30. The summed E-state index contributed by atoms with van der Waals surface area (Å²) >= 11 is 6.88. The molecule has 1 N–H and O–H groups in total. The van der Waals surface area contributed by atoms with Gasteiger partial charge in [-0.05, 0) is 41.6 Å². The molecule has 1 aromatic heterocycles. The number of hydrogen-bond donors (Lipinski definition) is 1. The van der Waals surface area contributed by atoms with E-state index in [0.717, 1.165) is 11.5 Å². The van der Waals surface area contributed by atoms with Crippen LogP contribution < -0.4 is 10.2 Å². The van der Waals surface area contributed by atoms with E-state index in [-0.39, 0.29) is 6.03 Å². The van der Waals surface area contributed by atoms with Crippen molar-refractivity contribution in [3.8, 4) is 0 Å². The standard InChI is InChI=1S/C14H10ClN5OS/c15-10-6-8-11(9-7-10)16-13(21)20(14-17-18-19-22-14)12-4-2-1-3-5-12/h1-9H,(H,16,21). The number of anilines is 3. The first-order valence-electron chi connectivity index (χ1n) is 6.31. The summed E-state index contributed by atoms with van der Waals surface area (Å²) in [4.78, 5) is 14.0. The molecule has 0 aliphatic rings. The van der Waals surface area contributed by atoms with E-state index in [1.54, 1.807) is 24.3 Å². The molecular weight excluding hydrogens is 322 g/mol. The van der Waals surface area contributed by atoms with E-state index in [4.69, 9.17) is 11.6 Å². The maximum absolute atomic E-state index is 12.6. The molecule has 0 atom stereocenters. The van der Waals surface area contributed by atoms with E-state index in [2.05, 4.69) is 20.1 Å². The number of para-hydroxylation sites is 1. The predicted octanol–water partition coefficient (Wildman–Crippen LogP) is 3.96. The number of carbonyl (C=O) groups is 1. The zero-order valence-corrected chi connectivity index (χ0v) is 12.8. The Labute approximate surface area is 135 Å². The van der Waals surface area contributed by atoms with Crippen molar-refractivity contribution >= 4 is 45.7 Å². The third-order valence-electron chi connectivity index (χ3n) is 2.79. The molecule has 0 bridgehead atoms. The Morgan fingerprint density at radius 3 is 2.45 bits per heavy atom. The lowest BCUT2D eigenvalue weighted by atomic mass is 10.3. The second kappa shape index (κ2) is 6.50. The highest BCUT2D eigenvalue weighted by Crippen LogP contribution is 2.26. The third-order valence-corrected chi connectivity index (χ3v) is 3.63. The maximum atomic E-state index is 12.6. The number of hydrogen-bond acceptors (Lipinski definition) is 5. The summed E-state index contributed by atoms with van der Waals surface area (Å²) in [7, 11) is 0. The van der Waals surface area contributed by atoms with Crippen molar-refractivity contribution < 1.29 is 4.79 Å². The fourth-order valence-corrected chi connectivity index (χ4v) is 2.43. The van der Waals surface area contributed by atoms with Crippen LogP contribution in [0.5, 0.6) is 0 Å². The monoisotopic (exact) mass is 331 g/mol. The van der Waals surface area contributed by atoms with Gasteiger partial charge in [0.15, 0.2) is 0 Å². The van der Waals surface area contributed by atoms with Gasteiger partial charge < -0.3 is 5.32 Å². The quantitative estimate of drug-likeness (QED) is 0.788.